The van der Waals surface area contributed by atoms with E-state index in [1.54, 1.807) is 12.5 Å². The van der Waals surface area contributed by atoms with Gasteiger partial charge in [0.2, 0.25) is 0 Å². The fourth-order valence-corrected chi connectivity index (χ4v) is 3.61. The minimum Gasteiger partial charge on any atom is -0.457 e. The van der Waals surface area contributed by atoms with Gasteiger partial charge in [-0.25, -0.2) is 4.98 Å². The predicted molar refractivity (Wildman–Crippen MR) is 80.1 cm³/mol. The Labute approximate surface area is 128 Å². The largest absolute Gasteiger partial charge is 0.457 e. The van der Waals surface area contributed by atoms with Crippen LogP contribution in [-0.2, 0) is 9.53 Å². The molecule has 0 fully saturated rings. The average Bonchev–Trinajstić information content (AvgIpc) is 2.97. The number of imidazole rings is 1. The van der Waals surface area contributed by atoms with Gasteiger partial charge in [-0.1, -0.05) is 37.6 Å². The van der Waals surface area contributed by atoms with E-state index in [9.17, 15) is 4.79 Å². The first kappa shape index (κ1) is 14.1. The van der Waals surface area contributed by atoms with Crippen LogP contribution in [-0.4, -0.2) is 15.5 Å². The zero-order valence-electron chi connectivity index (χ0n) is 12.2. The topological polar surface area (TPSA) is 44.1 Å². The van der Waals surface area contributed by atoms with Gasteiger partial charge in [0.25, 0.3) is 0 Å². The Bertz CT molecular complexity index is 680. The molecule has 4 nitrogen and oxygen atoms in total. The monoisotopic (exact) mass is 304 g/mol. The van der Waals surface area contributed by atoms with E-state index in [1.807, 2.05) is 29.0 Å². The van der Waals surface area contributed by atoms with E-state index in [0.29, 0.717) is 5.02 Å². The number of nitrogens with zero attached hydrogens (tertiary/aromatic N) is 2. The summed E-state index contributed by atoms with van der Waals surface area (Å²) in [5.41, 5.74) is 1.66. The van der Waals surface area contributed by atoms with Gasteiger partial charge < -0.3 is 9.30 Å². The number of fused-ring (bicyclic) bond motifs is 1. The normalized spacial score (nSPS) is 22.9. The number of halogens is 1. The maximum Gasteiger partial charge on any atom is 0.303 e. The fraction of sp³-hybridized carbons (Fsp3) is 0.375. The highest BCUT2D eigenvalue weighted by Gasteiger charge is 2.50. The van der Waals surface area contributed by atoms with Crippen molar-refractivity contribution in [1.29, 1.82) is 0 Å². The Kier molecular flexibility index (Phi) is 3.29. The summed E-state index contributed by atoms with van der Waals surface area (Å²) in [6.45, 7) is 5.61. The van der Waals surface area contributed by atoms with E-state index < -0.39 is 0 Å². The van der Waals surface area contributed by atoms with E-state index in [4.69, 9.17) is 16.3 Å². The summed E-state index contributed by atoms with van der Waals surface area (Å²) < 4.78 is 7.63. The standard InChI is InChI=1S/C16H17ClN2O2/c1-10(20)21-15-11-5-4-6-12(17)13(11)14(16(15,2)3)19-8-7-18-9-19/h4-9,14-15H,1-3H3. The van der Waals surface area contributed by atoms with Crippen LogP contribution in [0.4, 0.5) is 0 Å². The minimum atomic E-state index is -0.323. The van der Waals surface area contributed by atoms with Gasteiger partial charge in [-0.15, -0.1) is 0 Å². The SMILES string of the molecule is CC(=O)OC1c2cccc(Cl)c2C(n2ccnc2)C1(C)C. The van der Waals surface area contributed by atoms with Crippen LogP contribution in [0.25, 0.3) is 0 Å². The van der Waals surface area contributed by atoms with Crippen molar-refractivity contribution in [3.63, 3.8) is 0 Å². The second kappa shape index (κ2) is 4.88. The number of aromatic nitrogens is 2. The Morgan fingerprint density at radius 2 is 2.19 bits per heavy atom. The molecule has 0 spiro atoms. The number of benzene rings is 1. The highest BCUT2D eigenvalue weighted by atomic mass is 35.5. The number of carbonyl (C=O) groups excluding carboxylic acids is 1. The zero-order valence-corrected chi connectivity index (χ0v) is 13.0. The molecule has 0 N–H and O–H groups in total. The maximum absolute atomic E-state index is 11.5. The van der Waals surface area contributed by atoms with Crippen molar-refractivity contribution >= 4 is 17.6 Å². The van der Waals surface area contributed by atoms with Gasteiger partial charge in [0.15, 0.2) is 0 Å². The number of esters is 1. The first-order valence-electron chi connectivity index (χ1n) is 6.86. The summed E-state index contributed by atoms with van der Waals surface area (Å²) in [6.07, 6.45) is 5.10. The summed E-state index contributed by atoms with van der Waals surface area (Å²) in [4.78, 5) is 15.6. The van der Waals surface area contributed by atoms with Crippen LogP contribution in [0.5, 0.6) is 0 Å². The van der Waals surface area contributed by atoms with Gasteiger partial charge in [-0.2, -0.15) is 0 Å². The summed E-state index contributed by atoms with van der Waals surface area (Å²) in [7, 11) is 0. The molecule has 0 radical (unpaired) electrons. The molecule has 1 aromatic carbocycles. The fourth-order valence-electron chi connectivity index (χ4n) is 3.32. The van der Waals surface area contributed by atoms with Crippen LogP contribution in [0, 0.1) is 5.41 Å². The maximum atomic E-state index is 11.5. The molecule has 2 unspecified atom stereocenters. The van der Waals surface area contributed by atoms with Gasteiger partial charge in [0.1, 0.15) is 6.10 Å². The van der Waals surface area contributed by atoms with Crippen molar-refractivity contribution in [2.24, 2.45) is 5.41 Å². The number of ether oxygens (including phenoxy) is 1. The van der Waals surface area contributed by atoms with Crippen LogP contribution >= 0.6 is 11.6 Å². The molecule has 5 heteroatoms. The van der Waals surface area contributed by atoms with E-state index >= 15 is 0 Å². The summed E-state index contributed by atoms with van der Waals surface area (Å²) in [5.74, 6) is -0.287. The third-order valence-corrected chi connectivity index (χ3v) is 4.46. The average molecular weight is 305 g/mol. The van der Waals surface area contributed by atoms with Gasteiger partial charge in [-0.05, 0) is 11.6 Å². The molecular formula is C16H17ClN2O2. The van der Waals surface area contributed by atoms with Crippen molar-refractivity contribution in [3.05, 3.63) is 53.1 Å². The summed E-state index contributed by atoms with van der Waals surface area (Å²) in [5, 5.41) is 0.689. The quantitative estimate of drug-likeness (QED) is 0.793. The summed E-state index contributed by atoms with van der Waals surface area (Å²) in [6, 6.07) is 5.72. The van der Waals surface area contributed by atoms with Gasteiger partial charge in [-0.3, -0.25) is 4.79 Å². The molecule has 2 aromatic rings. The molecule has 1 heterocycles. The first-order valence-corrected chi connectivity index (χ1v) is 7.23. The predicted octanol–water partition coefficient (Wildman–Crippen LogP) is 3.77. The smallest absolute Gasteiger partial charge is 0.303 e. The molecule has 1 aliphatic carbocycles. The van der Waals surface area contributed by atoms with Gasteiger partial charge >= 0.3 is 5.97 Å². The molecular weight excluding hydrogens is 288 g/mol. The number of rotatable bonds is 2. The molecule has 2 atom stereocenters. The lowest BCUT2D eigenvalue weighted by molar-refractivity contribution is -0.153. The molecule has 0 aliphatic heterocycles. The Morgan fingerprint density at radius 1 is 1.43 bits per heavy atom. The summed E-state index contributed by atoms with van der Waals surface area (Å²) >= 11 is 6.44. The lowest BCUT2D eigenvalue weighted by Crippen LogP contribution is -2.29. The molecule has 0 bridgehead atoms. The third kappa shape index (κ3) is 2.14. The number of hydrogen-bond acceptors (Lipinski definition) is 3. The molecule has 3 rings (SSSR count). The molecule has 21 heavy (non-hydrogen) atoms. The molecule has 0 saturated heterocycles. The van der Waals surface area contributed by atoms with E-state index in [-0.39, 0.29) is 23.5 Å². The Balaban J connectivity index is 2.20. The van der Waals surface area contributed by atoms with Crippen molar-refractivity contribution in [3.8, 4) is 0 Å². The Hall–Kier alpha value is -1.81. The zero-order chi connectivity index (χ0) is 15.2. The van der Waals surface area contributed by atoms with Crippen LogP contribution < -0.4 is 0 Å². The number of carbonyl (C=O) groups is 1. The lowest BCUT2D eigenvalue weighted by Gasteiger charge is -2.33. The first-order chi connectivity index (χ1) is 9.93. The number of hydrogen-bond donors (Lipinski definition) is 0. The third-order valence-electron chi connectivity index (χ3n) is 4.13. The van der Waals surface area contributed by atoms with Crippen molar-refractivity contribution in [2.75, 3.05) is 0 Å². The lowest BCUT2D eigenvalue weighted by atomic mass is 9.83. The van der Waals surface area contributed by atoms with E-state index in [2.05, 4.69) is 18.8 Å². The Morgan fingerprint density at radius 3 is 2.81 bits per heavy atom. The molecule has 1 aliphatic rings. The van der Waals surface area contributed by atoms with Crippen molar-refractivity contribution < 1.29 is 9.53 Å². The van der Waals surface area contributed by atoms with Crippen LogP contribution in [0.2, 0.25) is 5.02 Å². The van der Waals surface area contributed by atoms with Crippen LogP contribution in [0.1, 0.15) is 44.0 Å². The second-order valence-corrected chi connectivity index (χ2v) is 6.37. The van der Waals surface area contributed by atoms with Crippen molar-refractivity contribution in [1.82, 2.24) is 9.55 Å². The van der Waals surface area contributed by atoms with Gasteiger partial charge in [0.05, 0.1) is 12.4 Å². The second-order valence-electron chi connectivity index (χ2n) is 5.97. The highest BCUT2D eigenvalue weighted by molar-refractivity contribution is 6.31. The van der Waals surface area contributed by atoms with E-state index in [0.717, 1.165) is 11.1 Å². The van der Waals surface area contributed by atoms with Gasteiger partial charge in [0, 0.05) is 35.3 Å². The van der Waals surface area contributed by atoms with Crippen LogP contribution in [0.15, 0.2) is 36.9 Å². The molecule has 1 aromatic heterocycles. The van der Waals surface area contributed by atoms with Crippen LogP contribution in [0.3, 0.4) is 0 Å². The molecule has 110 valence electrons. The minimum absolute atomic E-state index is 0.0203. The highest BCUT2D eigenvalue weighted by Crippen LogP contribution is 2.57. The van der Waals surface area contributed by atoms with E-state index in [1.165, 1.54) is 6.92 Å². The molecule has 0 amide bonds. The molecule has 0 saturated carbocycles. The van der Waals surface area contributed by atoms with Crippen molar-refractivity contribution in [2.45, 2.75) is 32.9 Å².